The van der Waals surface area contributed by atoms with Gasteiger partial charge < -0.3 is 36.8 Å². The zero-order valence-electron chi connectivity index (χ0n) is 15.6. The average molecular weight is 388 g/mol. The van der Waals surface area contributed by atoms with Crippen molar-refractivity contribution in [2.45, 2.75) is 18.4 Å². The first-order chi connectivity index (χ1) is 11.4. The number of benzene rings is 1. The topological polar surface area (TPSA) is 61.2 Å². The molecule has 6 nitrogen and oxygen atoms in total. The Bertz CT molecular complexity index is 518. The van der Waals surface area contributed by atoms with Crippen LogP contribution in [0.4, 0.5) is 0 Å². The molecule has 1 atom stereocenters. The van der Waals surface area contributed by atoms with Crippen LogP contribution in [0.15, 0.2) is 12.1 Å². The maximum Gasteiger partial charge on any atom is 0.251 e. The lowest BCUT2D eigenvalue weighted by molar-refractivity contribution is -0.858. The summed E-state index contributed by atoms with van der Waals surface area (Å²) in [7, 11) is 12.6. The van der Waals surface area contributed by atoms with E-state index in [0.717, 1.165) is 19.4 Å². The van der Waals surface area contributed by atoms with Crippen LogP contribution in [0.3, 0.4) is 0 Å². The Kier molecular flexibility index (Phi) is 11.3. The normalized spacial score (nSPS) is 11.5. The molecule has 1 aromatic carbocycles. The average Bonchev–Trinajstić information content (AvgIpc) is 2.58. The third kappa shape index (κ3) is 7.54. The van der Waals surface area contributed by atoms with Crippen molar-refractivity contribution in [2.75, 3.05) is 48.5 Å². The van der Waals surface area contributed by atoms with Gasteiger partial charge in [-0.05, 0) is 30.5 Å². The number of ether oxygens (including phenoxy) is 3. The van der Waals surface area contributed by atoms with Crippen molar-refractivity contribution in [2.24, 2.45) is 0 Å². The van der Waals surface area contributed by atoms with Crippen LogP contribution in [0.25, 0.3) is 0 Å². The molecule has 1 aromatic rings. The summed E-state index contributed by atoms with van der Waals surface area (Å²) in [5.74, 6) is 1.25. The molecule has 0 aliphatic rings. The molecule has 0 aliphatic carbocycles. The highest BCUT2D eigenvalue weighted by atomic mass is 35.5. The second-order valence-corrected chi connectivity index (χ2v) is 6.72. The number of methoxy groups -OCH3 is 3. The lowest BCUT2D eigenvalue weighted by Gasteiger charge is -2.15. The SMILES string of the molecule is COc1cc(C(=O)NCCC([Si])CC[NH+](C)C)cc(OC)c1OC.[Cl-]. The van der Waals surface area contributed by atoms with E-state index in [1.54, 1.807) is 12.1 Å². The zero-order valence-corrected chi connectivity index (χ0v) is 17.3. The summed E-state index contributed by atoms with van der Waals surface area (Å²) in [6, 6.07) is 3.30. The summed E-state index contributed by atoms with van der Waals surface area (Å²) >= 11 is 0. The Labute approximate surface area is 160 Å². The van der Waals surface area contributed by atoms with Crippen LogP contribution in [0.5, 0.6) is 17.2 Å². The Morgan fingerprint density at radius 3 is 2.12 bits per heavy atom. The van der Waals surface area contributed by atoms with Gasteiger partial charge in [0.05, 0.1) is 42.0 Å². The van der Waals surface area contributed by atoms with Crippen molar-refractivity contribution in [3.8, 4) is 17.2 Å². The maximum absolute atomic E-state index is 12.3. The predicted molar refractivity (Wildman–Crippen MR) is 94.8 cm³/mol. The van der Waals surface area contributed by atoms with Gasteiger partial charge in [0.25, 0.3) is 5.91 Å². The number of quaternary nitrogens is 1. The minimum absolute atomic E-state index is 0. The highest BCUT2D eigenvalue weighted by molar-refractivity contribution is 6.11. The molecule has 141 valence electrons. The fourth-order valence-electron chi connectivity index (χ4n) is 2.28. The molecular weight excluding hydrogens is 360 g/mol. The van der Waals surface area contributed by atoms with Gasteiger partial charge in [-0.25, -0.2) is 0 Å². The van der Waals surface area contributed by atoms with E-state index in [9.17, 15) is 4.79 Å². The van der Waals surface area contributed by atoms with Crippen LogP contribution in [0, 0.1) is 0 Å². The van der Waals surface area contributed by atoms with Gasteiger partial charge in [0.15, 0.2) is 11.5 Å². The molecule has 0 bridgehead atoms. The standard InChI is InChI=1S/C17H27N2O4Si.ClH/c1-19(2)9-7-13(24)6-8-18-17(20)12-10-14(21-3)16(23-5)15(11-12)22-4;/h10-11,13H,6-9H2,1-5H3,(H,18,20);1H. The van der Waals surface area contributed by atoms with Crippen LogP contribution in [0.2, 0.25) is 5.54 Å². The molecule has 8 heteroatoms. The first-order valence-electron chi connectivity index (χ1n) is 8.01. The van der Waals surface area contributed by atoms with E-state index in [0.29, 0.717) is 34.9 Å². The Hall–Kier alpha value is -1.44. The van der Waals surface area contributed by atoms with Crippen LogP contribution >= 0.6 is 0 Å². The molecule has 0 saturated heterocycles. The van der Waals surface area contributed by atoms with Crippen molar-refractivity contribution in [1.82, 2.24) is 5.32 Å². The van der Waals surface area contributed by atoms with Gasteiger partial charge in [-0.1, -0.05) is 0 Å². The number of rotatable bonds is 10. The number of carbonyl (C=O) groups is 1. The number of amides is 1. The third-order valence-corrected chi connectivity index (χ3v) is 4.28. The van der Waals surface area contributed by atoms with Gasteiger partial charge in [0, 0.05) is 22.4 Å². The number of hydrogen-bond acceptors (Lipinski definition) is 4. The number of carbonyl (C=O) groups excluding carboxylic acids is 1. The number of nitrogens with one attached hydrogen (secondary N) is 2. The van der Waals surface area contributed by atoms with E-state index in [2.05, 4.69) is 29.7 Å². The van der Waals surface area contributed by atoms with E-state index in [4.69, 9.17) is 14.2 Å². The first kappa shape index (κ1) is 23.6. The van der Waals surface area contributed by atoms with Crippen molar-refractivity contribution in [3.63, 3.8) is 0 Å². The molecule has 1 amide bonds. The van der Waals surface area contributed by atoms with Crippen molar-refractivity contribution in [3.05, 3.63) is 17.7 Å². The fraction of sp³-hybridized carbons (Fsp3) is 0.588. The molecule has 25 heavy (non-hydrogen) atoms. The number of halogens is 1. The smallest absolute Gasteiger partial charge is 0.251 e. The molecule has 2 N–H and O–H groups in total. The van der Waals surface area contributed by atoms with Crippen molar-refractivity contribution in [1.29, 1.82) is 0 Å². The summed E-state index contributed by atoms with van der Waals surface area (Å²) in [6.45, 7) is 1.70. The fourth-order valence-corrected chi connectivity index (χ4v) is 2.57. The monoisotopic (exact) mass is 387 g/mol. The van der Waals surface area contributed by atoms with Gasteiger partial charge in [0.1, 0.15) is 0 Å². The van der Waals surface area contributed by atoms with E-state index in [1.807, 2.05) is 0 Å². The minimum Gasteiger partial charge on any atom is -1.00 e. The summed E-state index contributed by atoms with van der Waals surface area (Å²) in [5.41, 5.74) is 0.868. The Morgan fingerprint density at radius 2 is 1.68 bits per heavy atom. The molecule has 1 unspecified atom stereocenters. The van der Waals surface area contributed by atoms with Crippen LogP contribution in [-0.4, -0.2) is 64.7 Å². The Balaban J connectivity index is 0.00000576. The summed E-state index contributed by atoms with van der Waals surface area (Å²) in [6.07, 6.45) is 1.94. The van der Waals surface area contributed by atoms with Crippen molar-refractivity contribution < 1.29 is 36.3 Å². The van der Waals surface area contributed by atoms with Gasteiger partial charge in [-0.3, -0.25) is 4.79 Å². The molecule has 3 radical (unpaired) electrons. The van der Waals surface area contributed by atoms with Gasteiger partial charge >= 0.3 is 0 Å². The second kappa shape index (κ2) is 12.0. The first-order valence-corrected chi connectivity index (χ1v) is 8.59. The third-order valence-electron chi connectivity index (χ3n) is 3.70. The highest BCUT2D eigenvalue weighted by Gasteiger charge is 2.17. The van der Waals surface area contributed by atoms with E-state index in [-0.39, 0.29) is 18.3 Å². The van der Waals surface area contributed by atoms with E-state index < -0.39 is 0 Å². The largest absolute Gasteiger partial charge is 1.00 e. The van der Waals surface area contributed by atoms with Crippen LogP contribution in [0.1, 0.15) is 23.2 Å². The molecule has 0 heterocycles. The van der Waals surface area contributed by atoms with Crippen molar-refractivity contribution >= 4 is 16.1 Å². The molecule has 0 spiro atoms. The molecule has 0 saturated carbocycles. The van der Waals surface area contributed by atoms with Gasteiger partial charge in [-0.2, -0.15) is 0 Å². The Morgan fingerprint density at radius 1 is 1.12 bits per heavy atom. The number of hydrogen-bond donors (Lipinski definition) is 2. The minimum atomic E-state index is -0.161. The van der Waals surface area contributed by atoms with Crippen LogP contribution in [-0.2, 0) is 0 Å². The maximum atomic E-state index is 12.3. The summed E-state index contributed by atoms with van der Waals surface area (Å²) in [4.78, 5) is 13.8. The summed E-state index contributed by atoms with van der Waals surface area (Å²) < 4.78 is 15.8. The van der Waals surface area contributed by atoms with Gasteiger partial charge in [0.2, 0.25) is 5.75 Å². The molecular formula is C17H28ClN2O4Si. The van der Waals surface area contributed by atoms with E-state index in [1.165, 1.54) is 26.2 Å². The molecule has 1 rings (SSSR count). The second-order valence-electron chi connectivity index (χ2n) is 5.90. The molecule has 0 aliphatic heterocycles. The zero-order chi connectivity index (χ0) is 18.1. The lowest BCUT2D eigenvalue weighted by Crippen LogP contribution is -3.05. The van der Waals surface area contributed by atoms with Gasteiger partial charge in [-0.15, -0.1) is 0 Å². The summed E-state index contributed by atoms with van der Waals surface area (Å²) in [5, 5.41) is 2.93. The molecule has 0 fully saturated rings. The van der Waals surface area contributed by atoms with Crippen LogP contribution < -0.4 is 36.8 Å². The van der Waals surface area contributed by atoms with E-state index >= 15 is 0 Å². The molecule has 0 aromatic heterocycles. The lowest BCUT2D eigenvalue weighted by atomic mass is 10.1. The highest BCUT2D eigenvalue weighted by Crippen LogP contribution is 2.38. The quantitative estimate of drug-likeness (QED) is 0.430. The predicted octanol–water partition coefficient (Wildman–Crippen LogP) is -2.67.